The lowest BCUT2D eigenvalue weighted by atomic mass is 10.1. The minimum atomic E-state index is -0.965. The first-order valence-electron chi connectivity index (χ1n) is 5.21. The molecule has 1 N–H and O–H groups in total. The van der Waals surface area contributed by atoms with E-state index in [1.165, 1.54) is 0 Å². The SMILES string of the molecule is Cc1ccccc1CC1OCC(C(=O)O)O1. The van der Waals surface area contributed by atoms with Gasteiger partial charge in [-0.2, -0.15) is 0 Å². The van der Waals surface area contributed by atoms with Crippen LogP contribution in [0.3, 0.4) is 0 Å². The van der Waals surface area contributed by atoms with E-state index in [4.69, 9.17) is 14.6 Å². The van der Waals surface area contributed by atoms with E-state index >= 15 is 0 Å². The number of aryl methyl sites for hydroxylation is 1. The van der Waals surface area contributed by atoms with Gasteiger partial charge in [0, 0.05) is 6.42 Å². The van der Waals surface area contributed by atoms with Crippen LogP contribution in [-0.4, -0.2) is 30.1 Å². The van der Waals surface area contributed by atoms with Crippen molar-refractivity contribution in [3.05, 3.63) is 35.4 Å². The van der Waals surface area contributed by atoms with Crippen LogP contribution in [-0.2, 0) is 20.7 Å². The third kappa shape index (κ3) is 2.40. The molecule has 4 nitrogen and oxygen atoms in total. The highest BCUT2D eigenvalue weighted by molar-refractivity contribution is 5.72. The van der Waals surface area contributed by atoms with Crippen molar-refractivity contribution in [2.24, 2.45) is 0 Å². The molecule has 1 aliphatic heterocycles. The van der Waals surface area contributed by atoms with Gasteiger partial charge in [-0.3, -0.25) is 0 Å². The maximum Gasteiger partial charge on any atom is 0.335 e. The van der Waals surface area contributed by atoms with Gasteiger partial charge in [-0.1, -0.05) is 24.3 Å². The first kappa shape index (κ1) is 11.1. The Labute approximate surface area is 93.8 Å². The van der Waals surface area contributed by atoms with Crippen LogP contribution in [0.5, 0.6) is 0 Å². The van der Waals surface area contributed by atoms with E-state index in [9.17, 15) is 4.79 Å². The summed E-state index contributed by atoms with van der Waals surface area (Å²) in [5.41, 5.74) is 2.28. The highest BCUT2D eigenvalue weighted by atomic mass is 16.7. The zero-order chi connectivity index (χ0) is 11.5. The molecule has 1 aliphatic rings. The van der Waals surface area contributed by atoms with Crippen molar-refractivity contribution >= 4 is 5.97 Å². The van der Waals surface area contributed by atoms with Crippen molar-refractivity contribution < 1.29 is 19.4 Å². The summed E-state index contributed by atoms with van der Waals surface area (Å²) < 4.78 is 10.5. The van der Waals surface area contributed by atoms with Gasteiger partial charge < -0.3 is 14.6 Å². The van der Waals surface area contributed by atoms with Crippen LogP contribution >= 0.6 is 0 Å². The van der Waals surface area contributed by atoms with Gasteiger partial charge >= 0.3 is 5.97 Å². The molecule has 0 saturated carbocycles. The highest BCUT2D eigenvalue weighted by Gasteiger charge is 2.31. The van der Waals surface area contributed by atoms with Gasteiger partial charge in [-0.25, -0.2) is 4.79 Å². The molecule has 1 heterocycles. The van der Waals surface area contributed by atoms with Crippen molar-refractivity contribution in [3.8, 4) is 0 Å². The Balaban J connectivity index is 1.97. The summed E-state index contributed by atoms with van der Waals surface area (Å²) in [5, 5.41) is 8.75. The molecule has 0 radical (unpaired) electrons. The van der Waals surface area contributed by atoms with Crippen molar-refractivity contribution in [3.63, 3.8) is 0 Å². The molecule has 2 rings (SSSR count). The van der Waals surface area contributed by atoms with Crippen molar-refractivity contribution in [2.45, 2.75) is 25.7 Å². The molecule has 1 fully saturated rings. The second-order valence-electron chi connectivity index (χ2n) is 3.86. The molecule has 1 aromatic carbocycles. The van der Waals surface area contributed by atoms with Crippen LogP contribution in [0.15, 0.2) is 24.3 Å². The molecule has 1 saturated heterocycles. The zero-order valence-corrected chi connectivity index (χ0v) is 9.05. The second kappa shape index (κ2) is 4.63. The van der Waals surface area contributed by atoms with E-state index in [0.717, 1.165) is 11.1 Å². The number of carbonyl (C=O) groups is 1. The van der Waals surface area contributed by atoms with Crippen molar-refractivity contribution in [1.82, 2.24) is 0 Å². The van der Waals surface area contributed by atoms with E-state index in [1.807, 2.05) is 31.2 Å². The quantitative estimate of drug-likeness (QED) is 0.839. The molecule has 16 heavy (non-hydrogen) atoms. The number of benzene rings is 1. The fourth-order valence-electron chi connectivity index (χ4n) is 1.71. The summed E-state index contributed by atoms with van der Waals surface area (Å²) in [7, 11) is 0. The predicted octanol–water partition coefficient (Wildman–Crippen LogP) is 1.36. The van der Waals surface area contributed by atoms with E-state index in [2.05, 4.69) is 0 Å². The molecular weight excluding hydrogens is 208 g/mol. The minimum Gasteiger partial charge on any atom is -0.479 e. The number of ether oxygens (including phenoxy) is 2. The van der Waals surface area contributed by atoms with E-state index < -0.39 is 18.4 Å². The average Bonchev–Trinajstić information content (AvgIpc) is 2.70. The van der Waals surface area contributed by atoms with E-state index in [-0.39, 0.29) is 6.61 Å². The summed E-state index contributed by atoms with van der Waals surface area (Å²) >= 11 is 0. The fraction of sp³-hybridized carbons (Fsp3) is 0.417. The number of aliphatic carboxylic acids is 1. The van der Waals surface area contributed by atoms with Gasteiger partial charge in [0.2, 0.25) is 0 Å². The third-order valence-corrected chi connectivity index (χ3v) is 2.67. The monoisotopic (exact) mass is 222 g/mol. The van der Waals surface area contributed by atoms with Gasteiger partial charge in [0.05, 0.1) is 6.61 Å². The molecule has 0 amide bonds. The van der Waals surface area contributed by atoms with E-state index in [0.29, 0.717) is 6.42 Å². The summed E-state index contributed by atoms with van der Waals surface area (Å²) in [4.78, 5) is 10.7. The van der Waals surface area contributed by atoms with Gasteiger partial charge in [-0.15, -0.1) is 0 Å². The van der Waals surface area contributed by atoms with Gasteiger partial charge in [-0.05, 0) is 18.1 Å². The standard InChI is InChI=1S/C12H14O4/c1-8-4-2-3-5-9(8)6-11-15-7-10(16-11)12(13)14/h2-5,10-11H,6-7H2,1H3,(H,13,14). The lowest BCUT2D eigenvalue weighted by Crippen LogP contribution is -2.23. The third-order valence-electron chi connectivity index (χ3n) is 2.67. The van der Waals surface area contributed by atoms with E-state index in [1.54, 1.807) is 0 Å². The molecule has 0 spiro atoms. The second-order valence-corrected chi connectivity index (χ2v) is 3.86. The number of carboxylic acid groups (broad SMARTS) is 1. The number of hydrogen-bond acceptors (Lipinski definition) is 3. The van der Waals surface area contributed by atoms with Crippen molar-refractivity contribution in [1.29, 1.82) is 0 Å². The average molecular weight is 222 g/mol. The van der Waals surface area contributed by atoms with Gasteiger partial charge in [0.1, 0.15) is 0 Å². The van der Waals surface area contributed by atoms with Crippen LogP contribution in [0.4, 0.5) is 0 Å². The van der Waals surface area contributed by atoms with Crippen LogP contribution in [0.1, 0.15) is 11.1 Å². The zero-order valence-electron chi connectivity index (χ0n) is 9.05. The largest absolute Gasteiger partial charge is 0.479 e. The van der Waals surface area contributed by atoms with Gasteiger partial charge in [0.15, 0.2) is 12.4 Å². The summed E-state index contributed by atoms with van der Waals surface area (Å²) in [5.74, 6) is -0.965. The number of rotatable bonds is 3. The van der Waals surface area contributed by atoms with Crippen LogP contribution in [0, 0.1) is 6.92 Å². The lowest BCUT2D eigenvalue weighted by Gasteiger charge is -2.11. The summed E-state index contributed by atoms with van der Waals surface area (Å²) in [6, 6.07) is 7.93. The lowest BCUT2D eigenvalue weighted by molar-refractivity contribution is -0.150. The molecule has 0 bridgehead atoms. The maximum absolute atomic E-state index is 10.7. The predicted molar refractivity (Wildman–Crippen MR) is 57.1 cm³/mol. The minimum absolute atomic E-state index is 0.131. The highest BCUT2D eigenvalue weighted by Crippen LogP contribution is 2.18. The Morgan fingerprint density at radius 2 is 2.25 bits per heavy atom. The topological polar surface area (TPSA) is 55.8 Å². The Hall–Kier alpha value is -1.39. The molecule has 0 aromatic heterocycles. The van der Waals surface area contributed by atoms with Gasteiger partial charge in [0.25, 0.3) is 0 Å². The molecule has 2 atom stereocenters. The molecule has 0 aliphatic carbocycles. The Morgan fingerprint density at radius 1 is 1.50 bits per heavy atom. The van der Waals surface area contributed by atoms with Crippen LogP contribution in [0.25, 0.3) is 0 Å². The summed E-state index contributed by atoms with van der Waals surface area (Å²) in [6.07, 6.45) is -0.674. The molecular formula is C12H14O4. The van der Waals surface area contributed by atoms with Crippen LogP contribution < -0.4 is 0 Å². The molecule has 4 heteroatoms. The Morgan fingerprint density at radius 3 is 2.88 bits per heavy atom. The van der Waals surface area contributed by atoms with Crippen LogP contribution in [0.2, 0.25) is 0 Å². The molecule has 86 valence electrons. The normalized spacial score (nSPS) is 24.6. The first-order valence-corrected chi connectivity index (χ1v) is 5.21. The number of hydrogen-bond donors (Lipinski definition) is 1. The maximum atomic E-state index is 10.7. The smallest absolute Gasteiger partial charge is 0.335 e. The van der Waals surface area contributed by atoms with Crippen molar-refractivity contribution in [2.75, 3.05) is 6.61 Å². The Bertz CT molecular complexity index is 388. The first-order chi connectivity index (χ1) is 7.66. The molecule has 2 unspecified atom stereocenters. The molecule has 1 aromatic rings. The number of carboxylic acids is 1. The summed E-state index contributed by atoms with van der Waals surface area (Å²) in [6.45, 7) is 2.14. The fourth-order valence-corrected chi connectivity index (χ4v) is 1.71. The Kier molecular flexibility index (Phi) is 3.22.